The molecule has 2 saturated heterocycles. The maximum Gasteiger partial charge on any atom is 0.227 e. The van der Waals surface area contributed by atoms with Crippen molar-refractivity contribution in [1.82, 2.24) is 15.5 Å². The van der Waals surface area contributed by atoms with Gasteiger partial charge in [-0.2, -0.15) is 0 Å². The van der Waals surface area contributed by atoms with Crippen LogP contribution in [0.4, 0.5) is 0 Å². The van der Waals surface area contributed by atoms with E-state index >= 15 is 0 Å². The summed E-state index contributed by atoms with van der Waals surface area (Å²) in [6.45, 7) is 4.81. The lowest BCUT2D eigenvalue weighted by molar-refractivity contribution is -0.135. The second kappa shape index (κ2) is 5.49. The van der Waals surface area contributed by atoms with Gasteiger partial charge in [-0.1, -0.05) is 0 Å². The molecule has 2 N–H and O–H groups in total. The van der Waals surface area contributed by atoms with E-state index in [1.54, 1.807) is 0 Å². The Labute approximate surface area is 102 Å². The number of nitrogens with one attached hydrogen (secondary N) is 2. The van der Waals surface area contributed by atoms with E-state index in [1.807, 2.05) is 4.90 Å². The highest BCUT2D eigenvalue weighted by Gasteiger charge is 2.31. The molecule has 2 amide bonds. The first-order valence-electron chi connectivity index (χ1n) is 6.43. The quantitative estimate of drug-likeness (QED) is 0.697. The zero-order valence-corrected chi connectivity index (χ0v) is 10.4. The minimum Gasteiger partial charge on any atom is -0.352 e. The van der Waals surface area contributed by atoms with E-state index in [2.05, 4.69) is 10.6 Å². The van der Waals surface area contributed by atoms with Gasteiger partial charge in [0, 0.05) is 32.6 Å². The van der Waals surface area contributed by atoms with Gasteiger partial charge in [0.15, 0.2) is 0 Å². The van der Waals surface area contributed by atoms with Crippen molar-refractivity contribution in [2.75, 3.05) is 26.2 Å². The van der Waals surface area contributed by atoms with Crippen molar-refractivity contribution in [3.8, 4) is 0 Å². The summed E-state index contributed by atoms with van der Waals surface area (Å²) in [5, 5.41) is 6.15. The number of amides is 2. The van der Waals surface area contributed by atoms with Crippen LogP contribution < -0.4 is 10.6 Å². The number of likely N-dealkylation sites (tertiary alicyclic amines) is 1. The molecular formula is C12H21N3O2. The third kappa shape index (κ3) is 3.19. The second-order valence-corrected chi connectivity index (χ2v) is 5.01. The fourth-order valence-corrected chi connectivity index (χ4v) is 2.69. The standard InChI is InChI=1S/C12H21N3O2/c1-9(16)14-11-4-6-15(8-11)12(17)10-3-2-5-13-7-10/h10-11,13H,2-8H2,1H3,(H,14,16)/t10-,11?/m1/s1. The molecular weight excluding hydrogens is 218 g/mol. The van der Waals surface area contributed by atoms with E-state index in [1.165, 1.54) is 6.92 Å². The topological polar surface area (TPSA) is 61.4 Å². The number of nitrogens with zero attached hydrogens (tertiary/aromatic N) is 1. The molecule has 5 nitrogen and oxygen atoms in total. The largest absolute Gasteiger partial charge is 0.352 e. The van der Waals surface area contributed by atoms with Crippen LogP contribution in [-0.4, -0.2) is 48.9 Å². The Morgan fingerprint density at radius 2 is 2.18 bits per heavy atom. The molecule has 0 aromatic heterocycles. The lowest BCUT2D eigenvalue weighted by Crippen LogP contribution is -2.43. The molecule has 0 bridgehead atoms. The Hall–Kier alpha value is -1.10. The summed E-state index contributed by atoms with van der Waals surface area (Å²) in [6.07, 6.45) is 2.96. The molecule has 0 saturated carbocycles. The van der Waals surface area contributed by atoms with Crippen LogP contribution in [0.3, 0.4) is 0 Å². The molecule has 5 heteroatoms. The molecule has 2 heterocycles. The number of hydrogen-bond acceptors (Lipinski definition) is 3. The number of carbonyl (C=O) groups excluding carboxylic acids is 2. The average Bonchev–Trinajstić information content (AvgIpc) is 2.77. The van der Waals surface area contributed by atoms with Gasteiger partial charge in [-0.15, -0.1) is 0 Å². The molecule has 96 valence electrons. The summed E-state index contributed by atoms with van der Waals surface area (Å²) >= 11 is 0. The van der Waals surface area contributed by atoms with Crippen LogP contribution in [-0.2, 0) is 9.59 Å². The Balaban J connectivity index is 1.82. The summed E-state index contributed by atoms with van der Waals surface area (Å²) in [7, 11) is 0. The first kappa shape index (κ1) is 12.4. The zero-order chi connectivity index (χ0) is 12.3. The number of hydrogen-bond donors (Lipinski definition) is 2. The van der Waals surface area contributed by atoms with Crippen molar-refractivity contribution < 1.29 is 9.59 Å². The first-order chi connectivity index (χ1) is 8.16. The monoisotopic (exact) mass is 239 g/mol. The van der Waals surface area contributed by atoms with Crippen LogP contribution >= 0.6 is 0 Å². The molecule has 0 spiro atoms. The predicted molar refractivity (Wildman–Crippen MR) is 64.4 cm³/mol. The van der Waals surface area contributed by atoms with Crippen LogP contribution in [0.5, 0.6) is 0 Å². The molecule has 2 fully saturated rings. The van der Waals surface area contributed by atoms with Gasteiger partial charge in [-0.3, -0.25) is 9.59 Å². The van der Waals surface area contributed by atoms with Crippen molar-refractivity contribution in [3.05, 3.63) is 0 Å². The Kier molecular flexibility index (Phi) is 3.99. The first-order valence-corrected chi connectivity index (χ1v) is 6.43. The van der Waals surface area contributed by atoms with E-state index in [0.29, 0.717) is 6.54 Å². The van der Waals surface area contributed by atoms with Crippen LogP contribution in [0.2, 0.25) is 0 Å². The number of piperidine rings is 1. The van der Waals surface area contributed by atoms with Gasteiger partial charge in [0.25, 0.3) is 0 Å². The highest BCUT2D eigenvalue weighted by Crippen LogP contribution is 2.17. The van der Waals surface area contributed by atoms with Gasteiger partial charge >= 0.3 is 0 Å². The molecule has 2 atom stereocenters. The Morgan fingerprint density at radius 1 is 1.35 bits per heavy atom. The van der Waals surface area contributed by atoms with E-state index in [-0.39, 0.29) is 23.8 Å². The third-order valence-corrected chi connectivity index (χ3v) is 3.55. The molecule has 2 aliphatic heterocycles. The van der Waals surface area contributed by atoms with Crippen LogP contribution in [0.1, 0.15) is 26.2 Å². The highest BCUT2D eigenvalue weighted by molar-refractivity contribution is 5.80. The van der Waals surface area contributed by atoms with E-state index in [9.17, 15) is 9.59 Å². The zero-order valence-electron chi connectivity index (χ0n) is 10.4. The normalized spacial score (nSPS) is 29.1. The Bertz CT molecular complexity index is 300. The van der Waals surface area contributed by atoms with Gasteiger partial charge in [-0.25, -0.2) is 0 Å². The fraction of sp³-hybridized carbons (Fsp3) is 0.833. The van der Waals surface area contributed by atoms with Gasteiger partial charge < -0.3 is 15.5 Å². The molecule has 0 aromatic carbocycles. The van der Waals surface area contributed by atoms with E-state index in [0.717, 1.165) is 38.9 Å². The fourth-order valence-electron chi connectivity index (χ4n) is 2.69. The SMILES string of the molecule is CC(=O)NC1CCN(C(=O)[C@@H]2CCCNC2)C1. The second-order valence-electron chi connectivity index (χ2n) is 5.01. The van der Waals surface area contributed by atoms with Crippen LogP contribution in [0, 0.1) is 5.92 Å². The van der Waals surface area contributed by atoms with Crippen molar-refractivity contribution in [2.45, 2.75) is 32.2 Å². The molecule has 0 aliphatic carbocycles. The summed E-state index contributed by atoms with van der Waals surface area (Å²) in [6, 6.07) is 0.146. The lowest BCUT2D eigenvalue weighted by Gasteiger charge is -2.26. The average molecular weight is 239 g/mol. The minimum atomic E-state index is -0.0105. The predicted octanol–water partition coefficient (Wildman–Crippen LogP) is -0.277. The molecule has 0 aromatic rings. The van der Waals surface area contributed by atoms with Crippen molar-refractivity contribution in [3.63, 3.8) is 0 Å². The van der Waals surface area contributed by atoms with Crippen molar-refractivity contribution in [2.24, 2.45) is 5.92 Å². The van der Waals surface area contributed by atoms with E-state index < -0.39 is 0 Å². The molecule has 2 aliphatic rings. The van der Waals surface area contributed by atoms with Crippen molar-refractivity contribution >= 4 is 11.8 Å². The maximum atomic E-state index is 12.2. The maximum absolute atomic E-state index is 12.2. The third-order valence-electron chi connectivity index (χ3n) is 3.55. The Morgan fingerprint density at radius 3 is 2.82 bits per heavy atom. The van der Waals surface area contributed by atoms with Gasteiger partial charge in [0.05, 0.1) is 5.92 Å². The highest BCUT2D eigenvalue weighted by atomic mass is 16.2. The minimum absolute atomic E-state index is 0.0105. The van der Waals surface area contributed by atoms with E-state index in [4.69, 9.17) is 0 Å². The van der Waals surface area contributed by atoms with Gasteiger partial charge in [0.1, 0.15) is 0 Å². The van der Waals surface area contributed by atoms with Crippen LogP contribution in [0.25, 0.3) is 0 Å². The summed E-state index contributed by atoms with van der Waals surface area (Å²) in [5.74, 6) is 0.383. The summed E-state index contributed by atoms with van der Waals surface area (Å²) in [5.41, 5.74) is 0. The molecule has 2 rings (SSSR count). The van der Waals surface area contributed by atoms with Crippen molar-refractivity contribution in [1.29, 1.82) is 0 Å². The molecule has 1 unspecified atom stereocenters. The molecule has 0 radical (unpaired) electrons. The van der Waals surface area contributed by atoms with Gasteiger partial charge in [-0.05, 0) is 25.8 Å². The summed E-state index contributed by atoms with van der Waals surface area (Å²) in [4.78, 5) is 25.1. The lowest BCUT2D eigenvalue weighted by atomic mass is 9.98. The number of rotatable bonds is 2. The number of carbonyl (C=O) groups is 2. The molecule has 17 heavy (non-hydrogen) atoms. The van der Waals surface area contributed by atoms with Crippen LogP contribution in [0.15, 0.2) is 0 Å². The van der Waals surface area contributed by atoms with Gasteiger partial charge in [0.2, 0.25) is 11.8 Å². The smallest absolute Gasteiger partial charge is 0.227 e. The summed E-state index contributed by atoms with van der Waals surface area (Å²) < 4.78 is 0.